The Bertz CT molecular complexity index is 711. The van der Waals surface area contributed by atoms with Gasteiger partial charge in [-0.15, -0.1) is 0 Å². The highest BCUT2D eigenvalue weighted by Gasteiger charge is 2.29. The quantitative estimate of drug-likeness (QED) is 0.871. The summed E-state index contributed by atoms with van der Waals surface area (Å²) in [5, 5.41) is 3.82. The van der Waals surface area contributed by atoms with Gasteiger partial charge in [-0.1, -0.05) is 0 Å². The number of nitrogens with zero attached hydrogens (tertiary/aromatic N) is 4. The lowest BCUT2D eigenvalue weighted by Gasteiger charge is -2.28. The van der Waals surface area contributed by atoms with Gasteiger partial charge in [-0.2, -0.15) is 18.3 Å². The Morgan fingerprint density at radius 2 is 2.13 bits per heavy atom. The molecule has 1 amide bonds. The number of aromatic nitrogens is 3. The molecule has 0 atom stereocenters. The molecule has 0 N–H and O–H groups in total. The van der Waals surface area contributed by atoms with Crippen LogP contribution in [0.2, 0.25) is 0 Å². The standard InChI is InChI=1S/C15H15F3N4O/c16-15(17,18)10-21-8-5-11(20-21)9-14(23)22-7-2-3-12-13(22)4-1-6-19-12/h1,4-6,8H,2-3,7,9-10H2. The van der Waals surface area contributed by atoms with E-state index in [1.54, 1.807) is 17.2 Å². The maximum atomic E-state index is 12.5. The summed E-state index contributed by atoms with van der Waals surface area (Å²) in [7, 11) is 0. The van der Waals surface area contributed by atoms with Gasteiger partial charge in [0.15, 0.2) is 0 Å². The molecule has 8 heteroatoms. The molecular formula is C15H15F3N4O. The Labute approximate surface area is 130 Å². The molecule has 2 aromatic rings. The number of halogens is 3. The van der Waals surface area contributed by atoms with Crippen molar-refractivity contribution in [2.75, 3.05) is 11.4 Å². The molecule has 122 valence electrons. The van der Waals surface area contributed by atoms with Crippen LogP contribution in [-0.4, -0.2) is 33.4 Å². The SMILES string of the molecule is O=C(Cc1ccn(CC(F)(F)F)n1)N1CCCc2ncccc21. The highest BCUT2D eigenvalue weighted by molar-refractivity contribution is 5.95. The molecule has 0 bridgehead atoms. The number of rotatable bonds is 3. The predicted octanol–water partition coefficient (Wildman–Crippen LogP) is 2.36. The minimum Gasteiger partial charge on any atom is -0.310 e. The van der Waals surface area contributed by atoms with E-state index in [4.69, 9.17) is 0 Å². The van der Waals surface area contributed by atoms with Gasteiger partial charge < -0.3 is 4.90 Å². The molecule has 0 spiro atoms. The molecule has 0 saturated carbocycles. The van der Waals surface area contributed by atoms with Gasteiger partial charge >= 0.3 is 6.18 Å². The summed E-state index contributed by atoms with van der Waals surface area (Å²) in [6.45, 7) is -0.571. The van der Waals surface area contributed by atoms with E-state index in [9.17, 15) is 18.0 Å². The van der Waals surface area contributed by atoms with Gasteiger partial charge in [-0.3, -0.25) is 14.5 Å². The van der Waals surface area contributed by atoms with Crippen LogP contribution < -0.4 is 4.90 Å². The second kappa shape index (κ2) is 6.02. The van der Waals surface area contributed by atoms with Crippen LogP contribution in [0.5, 0.6) is 0 Å². The fourth-order valence-corrected chi connectivity index (χ4v) is 2.67. The van der Waals surface area contributed by atoms with Crippen LogP contribution in [0.3, 0.4) is 0 Å². The number of amides is 1. The lowest BCUT2D eigenvalue weighted by molar-refractivity contribution is -0.142. The summed E-state index contributed by atoms with van der Waals surface area (Å²) in [5.74, 6) is -0.184. The first kappa shape index (κ1) is 15.5. The predicted molar refractivity (Wildman–Crippen MR) is 76.9 cm³/mol. The number of anilines is 1. The summed E-state index contributed by atoms with van der Waals surface area (Å²) in [6, 6.07) is 5.04. The van der Waals surface area contributed by atoms with Gasteiger partial charge in [0.1, 0.15) is 6.54 Å². The average molecular weight is 324 g/mol. The lowest BCUT2D eigenvalue weighted by atomic mass is 10.1. The topological polar surface area (TPSA) is 51.0 Å². The van der Waals surface area contributed by atoms with Gasteiger partial charge in [-0.25, -0.2) is 0 Å². The van der Waals surface area contributed by atoms with E-state index < -0.39 is 12.7 Å². The smallest absolute Gasteiger partial charge is 0.310 e. The second-order valence-corrected chi connectivity index (χ2v) is 5.41. The third-order valence-corrected chi connectivity index (χ3v) is 3.62. The summed E-state index contributed by atoms with van der Waals surface area (Å²) in [4.78, 5) is 18.3. The zero-order valence-electron chi connectivity index (χ0n) is 12.3. The maximum Gasteiger partial charge on any atom is 0.408 e. The van der Waals surface area contributed by atoms with E-state index in [-0.39, 0.29) is 12.3 Å². The van der Waals surface area contributed by atoms with Crippen molar-refractivity contribution in [3.05, 3.63) is 42.0 Å². The van der Waals surface area contributed by atoms with Crippen LogP contribution >= 0.6 is 0 Å². The van der Waals surface area contributed by atoms with Gasteiger partial charge in [-0.05, 0) is 31.0 Å². The van der Waals surface area contributed by atoms with Crippen LogP contribution in [-0.2, 0) is 24.2 Å². The van der Waals surface area contributed by atoms with E-state index in [1.807, 2.05) is 6.07 Å². The molecule has 2 aromatic heterocycles. The molecule has 3 heterocycles. The fraction of sp³-hybridized carbons (Fsp3) is 0.400. The molecular weight excluding hydrogens is 309 g/mol. The zero-order chi connectivity index (χ0) is 16.4. The number of pyridine rings is 1. The van der Waals surface area contributed by atoms with E-state index in [2.05, 4.69) is 10.1 Å². The van der Waals surface area contributed by atoms with Gasteiger partial charge in [0.2, 0.25) is 5.91 Å². The van der Waals surface area contributed by atoms with Crippen molar-refractivity contribution in [2.45, 2.75) is 32.0 Å². The van der Waals surface area contributed by atoms with Crippen LogP contribution in [0.1, 0.15) is 17.8 Å². The molecule has 1 aliphatic heterocycles. The van der Waals surface area contributed by atoms with Crippen molar-refractivity contribution in [3.63, 3.8) is 0 Å². The molecule has 5 nitrogen and oxygen atoms in total. The Kier molecular flexibility index (Phi) is 4.06. The molecule has 3 rings (SSSR count). The fourth-order valence-electron chi connectivity index (χ4n) is 2.67. The van der Waals surface area contributed by atoms with Crippen molar-refractivity contribution >= 4 is 11.6 Å². The largest absolute Gasteiger partial charge is 0.408 e. The molecule has 0 fully saturated rings. The minimum atomic E-state index is -4.33. The second-order valence-electron chi connectivity index (χ2n) is 5.41. The normalized spacial score (nSPS) is 14.7. The zero-order valence-corrected chi connectivity index (χ0v) is 12.3. The number of hydrogen-bond acceptors (Lipinski definition) is 3. The molecule has 1 aliphatic rings. The first-order chi connectivity index (χ1) is 10.9. The third kappa shape index (κ3) is 3.69. The van der Waals surface area contributed by atoms with Crippen molar-refractivity contribution < 1.29 is 18.0 Å². The molecule has 0 radical (unpaired) electrons. The van der Waals surface area contributed by atoms with Crippen LogP contribution in [0.25, 0.3) is 0 Å². The Morgan fingerprint density at radius 3 is 2.91 bits per heavy atom. The number of carbonyl (C=O) groups excluding carboxylic acids is 1. The van der Waals surface area contributed by atoms with Crippen molar-refractivity contribution in [2.24, 2.45) is 0 Å². The Hall–Kier alpha value is -2.38. The highest BCUT2D eigenvalue weighted by atomic mass is 19.4. The van der Waals surface area contributed by atoms with Gasteiger partial charge in [0.25, 0.3) is 0 Å². The number of fused-ring (bicyclic) bond motifs is 1. The molecule has 23 heavy (non-hydrogen) atoms. The number of hydrogen-bond donors (Lipinski definition) is 0. The van der Waals surface area contributed by atoms with Crippen molar-refractivity contribution in [1.29, 1.82) is 0 Å². The van der Waals surface area contributed by atoms with Crippen LogP contribution in [0, 0.1) is 0 Å². The minimum absolute atomic E-state index is 0.0286. The van der Waals surface area contributed by atoms with Crippen LogP contribution in [0.15, 0.2) is 30.6 Å². The monoisotopic (exact) mass is 324 g/mol. The molecule has 0 aromatic carbocycles. The first-order valence-corrected chi connectivity index (χ1v) is 7.26. The maximum absolute atomic E-state index is 12.5. The van der Waals surface area contributed by atoms with Gasteiger partial charge in [0.05, 0.1) is 23.5 Å². The first-order valence-electron chi connectivity index (χ1n) is 7.26. The van der Waals surface area contributed by atoms with E-state index in [1.165, 1.54) is 12.3 Å². The summed E-state index contributed by atoms with van der Waals surface area (Å²) in [5.41, 5.74) is 1.98. The van der Waals surface area contributed by atoms with E-state index in [0.717, 1.165) is 28.9 Å². The van der Waals surface area contributed by atoms with Crippen LogP contribution in [0.4, 0.5) is 18.9 Å². The highest BCUT2D eigenvalue weighted by Crippen LogP contribution is 2.25. The summed E-state index contributed by atoms with van der Waals surface area (Å²) in [6.07, 6.45) is 0.204. The van der Waals surface area contributed by atoms with E-state index >= 15 is 0 Å². The summed E-state index contributed by atoms with van der Waals surface area (Å²) < 4.78 is 37.8. The number of carbonyl (C=O) groups is 1. The van der Waals surface area contributed by atoms with E-state index in [0.29, 0.717) is 12.2 Å². The number of alkyl halides is 3. The molecule has 0 unspecified atom stereocenters. The Morgan fingerprint density at radius 1 is 1.30 bits per heavy atom. The summed E-state index contributed by atoms with van der Waals surface area (Å²) >= 11 is 0. The van der Waals surface area contributed by atoms with Gasteiger partial charge in [0, 0.05) is 18.9 Å². The number of aryl methyl sites for hydroxylation is 1. The third-order valence-electron chi connectivity index (χ3n) is 3.62. The molecule has 0 aliphatic carbocycles. The van der Waals surface area contributed by atoms with Crippen molar-refractivity contribution in [3.8, 4) is 0 Å². The molecule has 0 saturated heterocycles. The van der Waals surface area contributed by atoms with Crippen molar-refractivity contribution in [1.82, 2.24) is 14.8 Å². The average Bonchev–Trinajstić information content (AvgIpc) is 2.91. The Balaban J connectivity index is 1.71. The lowest BCUT2D eigenvalue weighted by Crippen LogP contribution is -2.37.